The molecular formula is C11H22N2. The summed E-state index contributed by atoms with van der Waals surface area (Å²) in [6, 6.07) is 0.525. The average Bonchev–Trinajstić information content (AvgIpc) is 2.30. The Morgan fingerprint density at radius 1 is 1.00 bits per heavy atom. The molecule has 2 rings (SSSR count). The average molecular weight is 182 g/mol. The standard InChI is InChI=1S/C11H22N2/c12-11-7-10(8-11)9-13-5-3-1-2-4-6-13/h10-11H,1-9,12H2. The maximum atomic E-state index is 5.79. The summed E-state index contributed by atoms with van der Waals surface area (Å²) < 4.78 is 0. The van der Waals surface area contributed by atoms with E-state index in [2.05, 4.69) is 4.90 Å². The summed E-state index contributed by atoms with van der Waals surface area (Å²) >= 11 is 0. The summed E-state index contributed by atoms with van der Waals surface area (Å²) in [5, 5.41) is 0. The van der Waals surface area contributed by atoms with Crippen LogP contribution < -0.4 is 5.73 Å². The molecule has 1 saturated heterocycles. The maximum absolute atomic E-state index is 5.79. The van der Waals surface area contributed by atoms with E-state index in [1.807, 2.05) is 0 Å². The highest BCUT2D eigenvalue weighted by Crippen LogP contribution is 2.27. The molecule has 2 fully saturated rings. The van der Waals surface area contributed by atoms with Gasteiger partial charge in [-0.25, -0.2) is 0 Å². The van der Waals surface area contributed by atoms with Gasteiger partial charge in [-0.3, -0.25) is 0 Å². The topological polar surface area (TPSA) is 29.3 Å². The van der Waals surface area contributed by atoms with Gasteiger partial charge in [0.2, 0.25) is 0 Å². The summed E-state index contributed by atoms with van der Waals surface area (Å²) in [4.78, 5) is 2.66. The smallest absolute Gasteiger partial charge is 0.00450 e. The Labute approximate surface area is 81.5 Å². The monoisotopic (exact) mass is 182 g/mol. The summed E-state index contributed by atoms with van der Waals surface area (Å²) in [6.45, 7) is 4.01. The molecule has 1 aliphatic heterocycles. The molecule has 0 amide bonds. The summed E-state index contributed by atoms with van der Waals surface area (Å²) in [6.07, 6.45) is 8.27. The highest BCUT2D eigenvalue weighted by Gasteiger charge is 2.27. The largest absolute Gasteiger partial charge is 0.328 e. The Kier molecular flexibility index (Phi) is 3.23. The van der Waals surface area contributed by atoms with Gasteiger partial charge in [0, 0.05) is 12.6 Å². The second kappa shape index (κ2) is 4.43. The fourth-order valence-electron chi connectivity index (χ4n) is 2.62. The van der Waals surface area contributed by atoms with E-state index in [1.165, 1.54) is 58.2 Å². The van der Waals surface area contributed by atoms with Crippen molar-refractivity contribution in [1.29, 1.82) is 0 Å². The second-order valence-corrected chi connectivity index (χ2v) is 4.81. The van der Waals surface area contributed by atoms with Crippen LogP contribution in [0.3, 0.4) is 0 Å². The third-order valence-corrected chi connectivity index (χ3v) is 3.49. The van der Waals surface area contributed by atoms with Gasteiger partial charge in [-0.1, -0.05) is 12.8 Å². The maximum Gasteiger partial charge on any atom is 0.00450 e. The van der Waals surface area contributed by atoms with Gasteiger partial charge in [0.1, 0.15) is 0 Å². The molecule has 1 heterocycles. The van der Waals surface area contributed by atoms with Crippen LogP contribution in [0.1, 0.15) is 38.5 Å². The van der Waals surface area contributed by atoms with Crippen molar-refractivity contribution in [3.8, 4) is 0 Å². The van der Waals surface area contributed by atoms with Crippen LogP contribution in [0.2, 0.25) is 0 Å². The highest BCUT2D eigenvalue weighted by atomic mass is 15.1. The van der Waals surface area contributed by atoms with Gasteiger partial charge >= 0.3 is 0 Å². The predicted octanol–water partition coefficient (Wildman–Crippen LogP) is 1.60. The molecule has 0 radical (unpaired) electrons. The third kappa shape index (κ3) is 2.68. The van der Waals surface area contributed by atoms with E-state index in [-0.39, 0.29) is 0 Å². The van der Waals surface area contributed by atoms with Crippen LogP contribution in [0.4, 0.5) is 0 Å². The molecule has 2 nitrogen and oxygen atoms in total. The van der Waals surface area contributed by atoms with E-state index in [1.54, 1.807) is 0 Å². The molecular weight excluding hydrogens is 160 g/mol. The first-order chi connectivity index (χ1) is 6.34. The van der Waals surface area contributed by atoms with Crippen molar-refractivity contribution in [2.75, 3.05) is 19.6 Å². The molecule has 0 bridgehead atoms. The Morgan fingerprint density at radius 3 is 2.15 bits per heavy atom. The van der Waals surface area contributed by atoms with E-state index in [0.717, 1.165) is 5.92 Å². The molecule has 0 spiro atoms. The van der Waals surface area contributed by atoms with E-state index in [9.17, 15) is 0 Å². The minimum absolute atomic E-state index is 0.525. The number of likely N-dealkylation sites (tertiary alicyclic amines) is 1. The van der Waals surface area contributed by atoms with Gasteiger partial charge in [-0.2, -0.15) is 0 Å². The molecule has 1 saturated carbocycles. The van der Waals surface area contributed by atoms with Gasteiger partial charge in [0.25, 0.3) is 0 Å². The second-order valence-electron chi connectivity index (χ2n) is 4.81. The Balaban J connectivity index is 1.67. The molecule has 2 N–H and O–H groups in total. The molecule has 0 unspecified atom stereocenters. The Morgan fingerprint density at radius 2 is 1.62 bits per heavy atom. The molecule has 2 aliphatic rings. The zero-order valence-corrected chi connectivity index (χ0v) is 8.54. The van der Waals surface area contributed by atoms with E-state index >= 15 is 0 Å². The lowest BCUT2D eigenvalue weighted by molar-refractivity contribution is 0.164. The molecule has 0 aromatic carbocycles. The number of hydrogen-bond acceptors (Lipinski definition) is 2. The molecule has 0 aromatic rings. The zero-order valence-electron chi connectivity index (χ0n) is 8.54. The lowest BCUT2D eigenvalue weighted by Crippen LogP contribution is -2.43. The number of nitrogens with zero attached hydrogens (tertiary/aromatic N) is 1. The van der Waals surface area contributed by atoms with Crippen LogP contribution in [-0.2, 0) is 0 Å². The third-order valence-electron chi connectivity index (χ3n) is 3.49. The zero-order chi connectivity index (χ0) is 9.10. The SMILES string of the molecule is NC1CC(CN2CCCCCC2)C1. The lowest BCUT2D eigenvalue weighted by Gasteiger charge is -2.36. The van der Waals surface area contributed by atoms with Crippen molar-refractivity contribution in [2.24, 2.45) is 11.7 Å². The van der Waals surface area contributed by atoms with Gasteiger partial charge in [0.15, 0.2) is 0 Å². The normalized spacial score (nSPS) is 36.7. The quantitative estimate of drug-likeness (QED) is 0.703. The van der Waals surface area contributed by atoms with Gasteiger partial charge in [0.05, 0.1) is 0 Å². The van der Waals surface area contributed by atoms with E-state index in [4.69, 9.17) is 5.73 Å². The Bertz CT molecular complexity index is 144. The minimum Gasteiger partial charge on any atom is -0.328 e. The van der Waals surface area contributed by atoms with Crippen molar-refractivity contribution < 1.29 is 0 Å². The van der Waals surface area contributed by atoms with Crippen molar-refractivity contribution >= 4 is 0 Å². The number of nitrogens with two attached hydrogens (primary N) is 1. The van der Waals surface area contributed by atoms with Crippen molar-refractivity contribution in [3.63, 3.8) is 0 Å². The molecule has 2 heteroatoms. The molecule has 0 aromatic heterocycles. The molecule has 1 aliphatic carbocycles. The van der Waals surface area contributed by atoms with Crippen molar-refractivity contribution in [2.45, 2.75) is 44.6 Å². The summed E-state index contributed by atoms with van der Waals surface area (Å²) in [5.74, 6) is 0.924. The van der Waals surface area contributed by atoms with Crippen LogP contribution in [-0.4, -0.2) is 30.6 Å². The van der Waals surface area contributed by atoms with Crippen LogP contribution in [0.25, 0.3) is 0 Å². The van der Waals surface area contributed by atoms with Crippen molar-refractivity contribution in [3.05, 3.63) is 0 Å². The highest BCUT2D eigenvalue weighted by molar-refractivity contribution is 4.84. The van der Waals surface area contributed by atoms with Crippen LogP contribution in [0.5, 0.6) is 0 Å². The summed E-state index contributed by atoms with van der Waals surface area (Å²) in [7, 11) is 0. The van der Waals surface area contributed by atoms with Gasteiger partial charge < -0.3 is 10.6 Å². The molecule has 0 atom stereocenters. The summed E-state index contributed by atoms with van der Waals surface area (Å²) in [5.41, 5.74) is 5.79. The predicted molar refractivity (Wildman–Crippen MR) is 55.6 cm³/mol. The fourth-order valence-corrected chi connectivity index (χ4v) is 2.62. The number of hydrogen-bond donors (Lipinski definition) is 1. The number of rotatable bonds is 2. The first-order valence-corrected chi connectivity index (χ1v) is 5.82. The van der Waals surface area contributed by atoms with Crippen molar-refractivity contribution in [1.82, 2.24) is 4.90 Å². The van der Waals surface area contributed by atoms with Gasteiger partial charge in [-0.05, 0) is 44.7 Å². The first kappa shape index (κ1) is 9.47. The van der Waals surface area contributed by atoms with E-state index in [0.29, 0.717) is 6.04 Å². The fraction of sp³-hybridized carbons (Fsp3) is 1.00. The Hall–Kier alpha value is -0.0800. The molecule has 76 valence electrons. The first-order valence-electron chi connectivity index (χ1n) is 5.82. The minimum atomic E-state index is 0.525. The van der Waals surface area contributed by atoms with Crippen LogP contribution in [0, 0.1) is 5.92 Å². The van der Waals surface area contributed by atoms with E-state index < -0.39 is 0 Å². The van der Waals surface area contributed by atoms with Crippen LogP contribution in [0.15, 0.2) is 0 Å². The lowest BCUT2D eigenvalue weighted by atomic mass is 9.80. The molecule has 13 heavy (non-hydrogen) atoms. The van der Waals surface area contributed by atoms with Crippen LogP contribution >= 0.6 is 0 Å². The van der Waals surface area contributed by atoms with Gasteiger partial charge in [-0.15, -0.1) is 0 Å².